The number of amides is 2. The Bertz CT molecular complexity index is 1270. The fraction of sp³-hybridized carbons (Fsp3) is 0.286. The maximum absolute atomic E-state index is 13.8. The molecule has 3 aromatic carbocycles. The smallest absolute Gasteiger partial charge is 0.264 e. The minimum absolute atomic E-state index is 0.0140. The van der Waals surface area contributed by atoms with Crippen LogP contribution in [0.1, 0.15) is 25.8 Å². The van der Waals surface area contributed by atoms with Crippen molar-refractivity contribution in [2.45, 2.75) is 37.6 Å². The molecule has 0 bridgehead atoms. The second kappa shape index (κ2) is 13.3. The van der Waals surface area contributed by atoms with Crippen molar-refractivity contribution in [2.24, 2.45) is 0 Å². The Morgan fingerprint density at radius 3 is 2.05 bits per heavy atom. The Labute approximate surface area is 224 Å². The quantitative estimate of drug-likeness (QED) is 0.365. The van der Waals surface area contributed by atoms with Gasteiger partial charge in [0.2, 0.25) is 11.8 Å². The van der Waals surface area contributed by atoms with Crippen LogP contribution in [0.25, 0.3) is 0 Å². The lowest BCUT2D eigenvalue weighted by atomic mass is 10.1. The third-order valence-electron chi connectivity index (χ3n) is 5.95. The predicted octanol–water partition coefficient (Wildman–Crippen LogP) is 4.52. The number of carbonyl (C=O) groups excluding carboxylic acids is 2. The molecule has 0 saturated heterocycles. The average Bonchev–Trinajstić information content (AvgIpc) is 2.90. The van der Waals surface area contributed by atoms with Gasteiger partial charge in [-0.05, 0) is 61.7 Å². The maximum atomic E-state index is 13.8. The number of anilines is 1. The Morgan fingerprint density at radius 2 is 1.49 bits per heavy atom. The highest BCUT2D eigenvalue weighted by molar-refractivity contribution is 7.92. The van der Waals surface area contributed by atoms with Crippen LogP contribution in [0, 0.1) is 0 Å². The SMILES string of the molecule is CCNC(=O)[C@H](CC)N(CCc1ccccc1)C(=O)CN(c1ccccc1)S(=O)(=O)c1ccc(Cl)cc1. The Hall–Kier alpha value is -3.36. The van der Waals surface area contributed by atoms with E-state index in [1.165, 1.54) is 29.2 Å². The Balaban J connectivity index is 1.97. The van der Waals surface area contributed by atoms with Crippen molar-refractivity contribution >= 4 is 39.1 Å². The van der Waals surface area contributed by atoms with Crippen LogP contribution in [0.15, 0.2) is 89.8 Å². The van der Waals surface area contributed by atoms with E-state index in [0.717, 1.165) is 9.87 Å². The zero-order valence-corrected chi connectivity index (χ0v) is 22.6. The summed E-state index contributed by atoms with van der Waals surface area (Å²) in [6.07, 6.45) is 0.916. The summed E-state index contributed by atoms with van der Waals surface area (Å²) in [5.74, 6) is -0.728. The number of para-hydroxylation sites is 1. The van der Waals surface area contributed by atoms with Gasteiger partial charge in [0.1, 0.15) is 12.6 Å². The number of likely N-dealkylation sites (N-methyl/N-ethyl adjacent to an activating group) is 1. The molecule has 3 rings (SSSR count). The summed E-state index contributed by atoms with van der Waals surface area (Å²) in [6.45, 7) is 3.89. The molecule has 0 aliphatic heterocycles. The highest BCUT2D eigenvalue weighted by Crippen LogP contribution is 2.25. The summed E-state index contributed by atoms with van der Waals surface area (Å²) in [7, 11) is -4.10. The van der Waals surface area contributed by atoms with E-state index >= 15 is 0 Å². The fourth-order valence-electron chi connectivity index (χ4n) is 4.04. The molecule has 3 aromatic rings. The van der Waals surface area contributed by atoms with Gasteiger partial charge in [-0.1, -0.05) is 67.1 Å². The summed E-state index contributed by atoms with van der Waals surface area (Å²) < 4.78 is 28.5. The molecule has 0 saturated carbocycles. The van der Waals surface area contributed by atoms with Crippen molar-refractivity contribution in [3.8, 4) is 0 Å². The van der Waals surface area contributed by atoms with Gasteiger partial charge in [-0.15, -0.1) is 0 Å². The molecule has 2 amide bonds. The molecule has 9 heteroatoms. The fourth-order valence-corrected chi connectivity index (χ4v) is 5.58. The van der Waals surface area contributed by atoms with Crippen LogP contribution in [0.5, 0.6) is 0 Å². The molecule has 0 aliphatic rings. The molecule has 0 fully saturated rings. The zero-order valence-electron chi connectivity index (χ0n) is 21.0. The van der Waals surface area contributed by atoms with Crippen LogP contribution >= 0.6 is 11.6 Å². The molecular formula is C28H32ClN3O4S. The van der Waals surface area contributed by atoms with Gasteiger partial charge in [0.05, 0.1) is 10.6 Å². The third-order valence-corrected chi connectivity index (χ3v) is 7.99. The molecule has 37 heavy (non-hydrogen) atoms. The normalized spacial score (nSPS) is 12.0. The Kier molecular flexibility index (Phi) is 10.1. The van der Waals surface area contributed by atoms with Crippen LogP contribution in [-0.4, -0.2) is 50.8 Å². The molecule has 0 spiro atoms. The lowest BCUT2D eigenvalue weighted by molar-refractivity contribution is -0.139. The molecular weight excluding hydrogens is 510 g/mol. The van der Waals surface area contributed by atoms with Gasteiger partial charge in [-0.3, -0.25) is 13.9 Å². The van der Waals surface area contributed by atoms with Crippen molar-refractivity contribution in [1.29, 1.82) is 0 Å². The molecule has 0 aliphatic carbocycles. The van der Waals surface area contributed by atoms with E-state index < -0.39 is 28.5 Å². The topological polar surface area (TPSA) is 86.8 Å². The number of carbonyl (C=O) groups is 2. The molecule has 0 radical (unpaired) electrons. The summed E-state index contributed by atoms with van der Waals surface area (Å²) in [5, 5.41) is 3.20. The van der Waals surface area contributed by atoms with Crippen molar-refractivity contribution in [3.05, 3.63) is 95.5 Å². The number of hydrogen-bond acceptors (Lipinski definition) is 4. The number of halogens is 1. The lowest BCUT2D eigenvalue weighted by Crippen LogP contribution is -2.53. The molecule has 196 valence electrons. The van der Waals surface area contributed by atoms with Gasteiger partial charge in [0, 0.05) is 18.1 Å². The zero-order chi connectivity index (χ0) is 26.8. The predicted molar refractivity (Wildman–Crippen MR) is 147 cm³/mol. The van der Waals surface area contributed by atoms with E-state index in [0.29, 0.717) is 30.1 Å². The van der Waals surface area contributed by atoms with Gasteiger partial charge in [0.25, 0.3) is 10.0 Å². The minimum Gasteiger partial charge on any atom is -0.355 e. The van der Waals surface area contributed by atoms with E-state index in [-0.39, 0.29) is 17.3 Å². The summed E-state index contributed by atoms with van der Waals surface area (Å²) in [5.41, 5.74) is 1.36. The van der Waals surface area contributed by atoms with E-state index in [4.69, 9.17) is 11.6 Å². The van der Waals surface area contributed by atoms with Crippen molar-refractivity contribution in [3.63, 3.8) is 0 Å². The highest BCUT2D eigenvalue weighted by atomic mass is 35.5. The number of hydrogen-bond donors (Lipinski definition) is 1. The highest BCUT2D eigenvalue weighted by Gasteiger charge is 2.33. The number of sulfonamides is 1. The summed E-state index contributed by atoms with van der Waals surface area (Å²) >= 11 is 5.97. The molecule has 0 unspecified atom stereocenters. The Morgan fingerprint density at radius 1 is 0.892 bits per heavy atom. The minimum atomic E-state index is -4.10. The first-order chi connectivity index (χ1) is 17.8. The van der Waals surface area contributed by atoms with Crippen LogP contribution in [0.2, 0.25) is 5.02 Å². The largest absolute Gasteiger partial charge is 0.355 e. The lowest BCUT2D eigenvalue weighted by Gasteiger charge is -2.33. The van der Waals surface area contributed by atoms with Crippen molar-refractivity contribution in [2.75, 3.05) is 23.9 Å². The average molecular weight is 542 g/mol. The third kappa shape index (κ3) is 7.33. The maximum Gasteiger partial charge on any atom is 0.264 e. The molecule has 1 atom stereocenters. The van der Waals surface area contributed by atoms with Crippen LogP contribution in [0.3, 0.4) is 0 Å². The van der Waals surface area contributed by atoms with Gasteiger partial charge in [0.15, 0.2) is 0 Å². The van der Waals surface area contributed by atoms with Gasteiger partial charge >= 0.3 is 0 Å². The van der Waals surface area contributed by atoms with Crippen molar-refractivity contribution in [1.82, 2.24) is 10.2 Å². The standard InChI is InChI=1S/C28H32ClN3O4S/c1-3-26(28(34)30-4-2)31(20-19-22-11-7-5-8-12-22)27(33)21-32(24-13-9-6-10-14-24)37(35,36)25-17-15-23(29)16-18-25/h5-18,26H,3-4,19-21H2,1-2H3,(H,30,34)/t26-/m0/s1. The van der Waals surface area contributed by atoms with E-state index in [9.17, 15) is 18.0 Å². The molecule has 7 nitrogen and oxygen atoms in total. The molecule has 1 N–H and O–H groups in total. The monoisotopic (exact) mass is 541 g/mol. The van der Waals surface area contributed by atoms with Crippen molar-refractivity contribution < 1.29 is 18.0 Å². The first kappa shape index (κ1) is 28.2. The summed E-state index contributed by atoms with van der Waals surface area (Å²) in [4.78, 5) is 28.2. The van der Waals surface area contributed by atoms with Crippen LogP contribution in [0.4, 0.5) is 5.69 Å². The van der Waals surface area contributed by atoms with E-state index in [1.54, 1.807) is 30.3 Å². The molecule has 0 aromatic heterocycles. The van der Waals surface area contributed by atoms with Crippen LogP contribution in [-0.2, 0) is 26.0 Å². The van der Waals surface area contributed by atoms with Gasteiger partial charge < -0.3 is 10.2 Å². The van der Waals surface area contributed by atoms with E-state index in [1.807, 2.05) is 44.2 Å². The first-order valence-electron chi connectivity index (χ1n) is 12.2. The number of nitrogens with zero attached hydrogens (tertiary/aromatic N) is 2. The number of nitrogens with one attached hydrogen (secondary N) is 1. The number of rotatable bonds is 12. The molecule has 0 heterocycles. The second-order valence-corrected chi connectivity index (χ2v) is 10.7. The van der Waals surface area contributed by atoms with Gasteiger partial charge in [-0.2, -0.15) is 0 Å². The van der Waals surface area contributed by atoms with E-state index in [2.05, 4.69) is 5.32 Å². The second-order valence-electron chi connectivity index (χ2n) is 8.44. The first-order valence-corrected chi connectivity index (χ1v) is 14.0. The number of benzene rings is 3. The summed E-state index contributed by atoms with van der Waals surface area (Å²) in [6, 6.07) is 23.2. The van der Waals surface area contributed by atoms with Crippen LogP contribution < -0.4 is 9.62 Å². The van der Waals surface area contributed by atoms with Gasteiger partial charge in [-0.25, -0.2) is 8.42 Å².